The lowest BCUT2D eigenvalue weighted by Crippen LogP contribution is -2.33. The number of nitrogens with zero attached hydrogens (tertiary/aromatic N) is 4. The zero-order valence-corrected chi connectivity index (χ0v) is 25.5. The van der Waals surface area contributed by atoms with Gasteiger partial charge in [0.15, 0.2) is 17.5 Å². The molecule has 47 heavy (non-hydrogen) atoms. The molecule has 0 saturated heterocycles. The topological polar surface area (TPSA) is 60.8 Å². The minimum Gasteiger partial charge on any atom is -0.485 e. The third kappa shape index (κ3) is 5.01. The molecule has 0 amide bonds. The van der Waals surface area contributed by atoms with Gasteiger partial charge in [0, 0.05) is 39.5 Å². The number of pyridine rings is 1. The van der Waals surface area contributed by atoms with Crippen molar-refractivity contribution in [1.29, 1.82) is 0 Å². The van der Waals surface area contributed by atoms with E-state index in [1.165, 1.54) is 11.1 Å². The zero-order chi connectivity index (χ0) is 31.2. The predicted molar refractivity (Wildman–Crippen MR) is 185 cm³/mol. The maximum absolute atomic E-state index is 6.65. The fraction of sp³-hybridized carbons (Fsp3) is 0.0952. The van der Waals surface area contributed by atoms with Gasteiger partial charge in [-0.05, 0) is 47.4 Å². The maximum Gasteiger partial charge on any atom is 0.182 e. The molecule has 0 fully saturated rings. The molecular formula is C42H28N4O. The van der Waals surface area contributed by atoms with Crippen LogP contribution in [0, 0.1) is 12.1 Å². The van der Waals surface area contributed by atoms with Crippen LogP contribution in [-0.2, 0) is 0 Å². The molecule has 5 heteroatoms. The van der Waals surface area contributed by atoms with Crippen molar-refractivity contribution in [2.75, 3.05) is 0 Å². The Morgan fingerprint density at radius 2 is 1.36 bits per heavy atom. The average Bonchev–Trinajstić information content (AvgIpc) is 3.51. The molecule has 0 spiro atoms. The van der Waals surface area contributed by atoms with Crippen molar-refractivity contribution in [3.63, 3.8) is 0 Å². The monoisotopic (exact) mass is 604 g/mol. The molecule has 2 aromatic heterocycles. The van der Waals surface area contributed by atoms with E-state index in [1.807, 2.05) is 60.7 Å². The van der Waals surface area contributed by atoms with Crippen LogP contribution in [0.15, 0.2) is 121 Å². The third-order valence-electron chi connectivity index (χ3n) is 8.95. The van der Waals surface area contributed by atoms with E-state index in [1.54, 1.807) is 0 Å². The number of hydrogen-bond acceptors (Lipinski definition) is 5. The molecule has 0 saturated carbocycles. The van der Waals surface area contributed by atoms with E-state index in [4.69, 9.17) is 24.7 Å². The SMILES string of the molecule is c1ccc2c(c#1)=CC1Oc3cc(-c4ccccc4)nc(-c4nc(-c5ccccc5)nc(-c5ccc(C6=CCCC=C6)cc5)n4)c3C1C=2. The summed E-state index contributed by atoms with van der Waals surface area (Å²) in [6.45, 7) is 0. The molecule has 3 heterocycles. The minimum absolute atomic E-state index is 0.0582. The van der Waals surface area contributed by atoms with Crippen LogP contribution in [0.25, 0.3) is 63.3 Å². The van der Waals surface area contributed by atoms with Gasteiger partial charge in [-0.3, -0.25) is 0 Å². The van der Waals surface area contributed by atoms with E-state index in [2.05, 4.69) is 85.0 Å². The summed E-state index contributed by atoms with van der Waals surface area (Å²) >= 11 is 0. The van der Waals surface area contributed by atoms with E-state index in [-0.39, 0.29) is 12.0 Å². The number of hydrogen-bond donors (Lipinski definition) is 0. The quantitative estimate of drug-likeness (QED) is 0.205. The summed E-state index contributed by atoms with van der Waals surface area (Å²) in [5, 5.41) is 2.10. The number of rotatable bonds is 5. The first-order valence-electron chi connectivity index (χ1n) is 16.0. The molecule has 2 aliphatic carbocycles. The number of ether oxygens (including phenoxy) is 1. The van der Waals surface area contributed by atoms with Gasteiger partial charge in [0.25, 0.3) is 0 Å². The van der Waals surface area contributed by atoms with Gasteiger partial charge in [0.2, 0.25) is 0 Å². The molecule has 5 nitrogen and oxygen atoms in total. The molecule has 0 radical (unpaired) electrons. The van der Waals surface area contributed by atoms with Crippen molar-refractivity contribution in [3.8, 4) is 51.3 Å². The first kappa shape index (κ1) is 27.2. The van der Waals surface area contributed by atoms with E-state index >= 15 is 0 Å². The molecule has 222 valence electrons. The van der Waals surface area contributed by atoms with Gasteiger partial charge in [0.1, 0.15) is 17.5 Å². The van der Waals surface area contributed by atoms with Crippen molar-refractivity contribution in [2.24, 2.45) is 0 Å². The average molecular weight is 605 g/mol. The molecule has 2 atom stereocenters. The van der Waals surface area contributed by atoms with Crippen LogP contribution in [0.3, 0.4) is 0 Å². The molecule has 2 unspecified atom stereocenters. The molecule has 4 aromatic carbocycles. The van der Waals surface area contributed by atoms with Gasteiger partial charge in [-0.1, -0.05) is 121 Å². The van der Waals surface area contributed by atoms with Crippen molar-refractivity contribution < 1.29 is 4.74 Å². The van der Waals surface area contributed by atoms with Gasteiger partial charge in [0.05, 0.1) is 5.69 Å². The summed E-state index contributed by atoms with van der Waals surface area (Å²) in [6, 6.07) is 41.0. The second-order valence-corrected chi connectivity index (χ2v) is 11.9. The lowest BCUT2D eigenvalue weighted by atomic mass is 9.88. The van der Waals surface area contributed by atoms with Crippen molar-refractivity contribution in [1.82, 2.24) is 19.9 Å². The highest BCUT2D eigenvalue weighted by molar-refractivity contribution is 5.78. The van der Waals surface area contributed by atoms with E-state index in [9.17, 15) is 0 Å². The predicted octanol–water partition coefficient (Wildman–Crippen LogP) is 7.39. The summed E-state index contributed by atoms with van der Waals surface area (Å²) < 4.78 is 6.65. The summed E-state index contributed by atoms with van der Waals surface area (Å²) in [4.78, 5) is 20.5. The number of aromatic nitrogens is 4. The molecule has 3 aliphatic rings. The van der Waals surface area contributed by atoms with Gasteiger partial charge in [-0.15, -0.1) is 0 Å². The van der Waals surface area contributed by atoms with Crippen LogP contribution >= 0.6 is 0 Å². The lowest BCUT2D eigenvalue weighted by Gasteiger charge is -2.16. The largest absolute Gasteiger partial charge is 0.485 e. The first-order valence-corrected chi connectivity index (χ1v) is 16.0. The summed E-state index contributed by atoms with van der Waals surface area (Å²) in [5.41, 5.74) is 7.72. The highest BCUT2D eigenvalue weighted by Crippen LogP contribution is 2.46. The first-order chi connectivity index (χ1) is 23.3. The number of fused-ring (bicyclic) bond motifs is 4. The molecule has 9 rings (SSSR count). The summed E-state index contributed by atoms with van der Waals surface area (Å²) in [5.74, 6) is 2.44. The Morgan fingerprint density at radius 1 is 0.660 bits per heavy atom. The van der Waals surface area contributed by atoms with E-state index in [0.717, 1.165) is 57.0 Å². The van der Waals surface area contributed by atoms with Crippen molar-refractivity contribution in [3.05, 3.63) is 155 Å². The van der Waals surface area contributed by atoms with Crippen LogP contribution in [-0.4, -0.2) is 26.0 Å². The smallest absolute Gasteiger partial charge is 0.182 e. The number of allylic oxidation sites excluding steroid dienone is 4. The van der Waals surface area contributed by atoms with Crippen molar-refractivity contribution >= 4 is 17.7 Å². The van der Waals surface area contributed by atoms with Gasteiger partial charge in [-0.25, -0.2) is 19.9 Å². The Kier molecular flexibility index (Phi) is 6.57. The highest BCUT2D eigenvalue weighted by Gasteiger charge is 2.37. The molecule has 0 bridgehead atoms. The van der Waals surface area contributed by atoms with Gasteiger partial charge >= 0.3 is 0 Å². The lowest BCUT2D eigenvalue weighted by molar-refractivity contribution is 0.288. The highest BCUT2D eigenvalue weighted by atomic mass is 16.5. The minimum atomic E-state index is -0.193. The Labute approximate surface area is 273 Å². The second-order valence-electron chi connectivity index (χ2n) is 11.9. The summed E-state index contributed by atoms with van der Waals surface area (Å²) in [6.07, 6.45) is 13.1. The third-order valence-corrected chi connectivity index (χ3v) is 8.95. The Bertz CT molecular complexity index is 2330. The van der Waals surface area contributed by atoms with Crippen LogP contribution in [0.2, 0.25) is 0 Å². The standard InChI is InChI=1S/C42H28N4O/c1-4-12-27(13-5-1)28-20-22-31(23-21-28)41-44-40(30-16-8-3-9-17-30)45-42(46-41)39-38-34-24-32-18-10-11-19-33(32)25-36(34)47-37(38)26-35(43-39)29-14-6-2-7-15-29/h2-4,6-10,12-18,20-26,34,36H,1,5H2. The van der Waals surface area contributed by atoms with E-state index < -0.39 is 0 Å². The zero-order valence-electron chi connectivity index (χ0n) is 25.5. The molecular weight excluding hydrogens is 576 g/mol. The normalized spacial score (nSPS) is 17.1. The fourth-order valence-corrected chi connectivity index (χ4v) is 6.60. The Balaban J connectivity index is 1.25. The fourth-order valence-electron chi connectivity index (χ4n) is 6.60. The molecule has 1 aliphatic heterocycles. The van der Waals surface area contributed by atoms with Crippen LogP contribution in [0.1, 0.15) is 29.9 Å². The van der Waals surface area contributed by atoms with Gasteiger partial charge in [-0.2, -0.15) is 0 Å². The summed E-state index contributed by atoms with van der Waals surface area (Å²) in [7, 11) is 0. The second kappa shape index (κ2) is 11.3. The van der Waals surface area contributed by atoms with Crippen LogP contribution in [0.4, 0.5) is 0 Å². The van der Waals surface area contributed by atoms with E-state index in [0.29, 0.717) is 23.2 Å². The molecule has 0 N–H and O–H groups in total. The van der Waals surface area contributed by atoms with Crippen LogP contribution in [0.5, 0.6) is 5.75 Å². The van der Waals surface area contributed by atoms with Crippen LogP contribution < -0.4 is 15.2 Å². The van der Waals surface area contributed by atoms with Crippen molar-refractivity contribution in [2.45, 2.75) is 24.9 Å². The maximum atomic E-state index is 6.65. The Morgan fingerprint density at radius 3 is 2.11 bits per heavy atom. The Hall–Kier alpha value is -6.12. The number of benzene rings is 3. The molecule has 6 aromatic rings. The van der Waals surface area contributed by atoms with Gasteiger partial charge < -0.3 is 4.74 Å².